The van der Waals surface area contributed by atoms with Crippen LogP contribution < -0.4 is 11.1 Å². The fourth-order valence-corrected chi connectivity index (χ4v) is 2.39. The third-order valence-electron chi connectivity index (χ3n) is 2.85. The lowest BCUT2D eigenvalue weighted by Crippen LogP contribution is -2.27. The highest BCUT2D eigenvalue weighted by atomic mass is 35.5. The van der Waals surface area contributed by atoms with E-state index >= 15 is 0 Å². The first-order valence-corrected chi connectivity index (χ1v) is 6.99. The standard InChI is InChI=1S/C14H17N3OS.ClH/c1-3-11-8-16-14(19-11)17-13(18)12(15)10-6-4-9(2)5-7-10;/h4-8,12H,3,15H2,1-2H3,(H,16,17,18);1H. The predicted octanol–water partition coefficient (Wildman–Crippen LogP) is 3.07. The number of hydrogen-bond acceptors (Lipinski definition) is 4. The average Bonchev–Trinajstić information content (AvgIpc) is 2.86. The van der Waals surface area contributed by atoms with Gasteiger partial charge in [-0.3, -0.25) is 4.79 Å². The van der Waals surface area contributed by atoms with Gasteiger partial charge in [0, 0.05) is 11.1 Å². The maximum atomic E-state index is 12.0. The molecular weight excluding hydrogens is 294 g/mol. The molecule has 0 spiro atoms. The molecule has 1 aromatic heterocycles. The van der Waals surface area contributed by atoms with Gasteiger partial charge in [-0.05, 0) is 18.9 Å². The summed E-state index contributed by atoms with van der Waals surface area (Å²) in [5, 5.41) is 3.35. The van der Waals surface area contributed by atoms with Gasteiger partial charge in [-0.25, -0.2) is 4.98 Å². The highest BCUT2D eigenvalue weighted by Crippen LogP contribution is 2.20. The van der Waals surface area contributed by atoms with Gasteiger partial charge in [0.2, 0.25) is 5.91 Å². The third-order valence-corrected chi connectivity index (χ3v) is 3.91. The van der Waals surface area contributed by atoms with Crippen molar-refractivity contribution in [2.45, 2.75) is 26.3 Å². The summed E-state index contributed by atoms with van der Waals surface area (Å²) in [7, 11) is 0. The first-order chi connectivity index (χ1) is 9.10. The minimum absolute atomic E-state index is 0. The molecule has 3 N–H and O–H groups in total. The van der Waals surface area contributed by atoms with Crippen molar-refractivity contribution < 1.29 is 4.79 Å². The predicted molar refractivity (Wildman–Crippen MR) is 85.5 cm³/mol. The molecule has 0 aliphatic carbocycles. The molecular formula is C14H18ClN3OS. The number of aromatic nitrogens is 1. The van der Waals surface area contributed by atoms with E-state index in [1.54, 1.807) is 6.20 Å². The van der Waals surface area contributed by atoms with Gasteiger partial charge >= 0.3 is 0 Å². The number of rotatable bonds is 4. The van der Waals surface area contributed by atoms with Crippen LogP contribution in [0.2, 0.25) is 0 Å². The monoisotopic (exact) mass is 311 g/mol. The number of aryl methyl sites for hydroxylation is 2. The number of carbonyl (C=O) groups excluding carboxylic acids is 1. The number of nitrogens with one attached hydrogen (secondary N) is 1. The summed E-state index contributed by atoms with van der Waals surface area (Å²) in [6.45, 7) is 4.05. The molecule has 0 bridgehead atoms. The lowest BCUT2D eigenvalue weighted by molar-refractivity contribution is -0.117. The summed E-state index contributed by atoms with van der Waals surface area (Å²) < 4.78 is 0. The van der Waals surface area contributed by atoms with Gasteiger partial charge in [-0.2, -0.15) is 0 Å². The molecule has 20 heavy (non-hydrogen) atoms. The number of nitrogens with zero attached hydrogens (tertiary/aromatic N) is 1. The minimum Gasteiger partial charge on any atom is -0.316 e. The number of benzene rings is 1. The van der Waals surface area contributed by atoms with Crippen molar-refractivity contribution in [1.29, 1.82) is 0 Å². The molecule has 1 amide bonds. The first-order valence-electron chi connectivity index (χ1n) is 6.18. The van der Waals surface area contributed by atoms with Gasteiger partial charge in [-0.1, -0.05) is 36.8 Å². The van der Waals surface area contributed by atoms with Crippen molar-refractivity contribution in [3.63, 3.8) is 0 Å². The van der Waals surface area contributed by atoms with E-state index in [1.807, 2.05) is 31.2 Å². The molecule has 0 fully saturated rings. The molecule has 2 rings (SSSR count). The second kappa shape index (κ2) is 7.38. The Hall–Kier alpha value is -1.43. The number of thiazole rings is 1. The van der Waals surface area contributed by atoms with Crippen LogP contribution in [-0.2, 0) is 11.2 Å². The van der Waals surface area contributed by atoms with Crippen molar-refractivity contribution in [2.75, 3.05) is 5.32 Å². The molecule has 2 aromatic rings. The lowest BCUT2D eigenvalue weighted by atomic mass is 10.1. The van der Waals surface area contributed by atoms with Crippen LogP contribution in [0.4, 0.5) is 5.13 Å². The molecule has 6 heteroatoms. The molecule has 0 aliphatic heterocycles. The minimum atomic E-state index is -0.672. The number of amides is 1. The van der Waals surface area contributed by atoms with E-state index < -0.39 is 6.04 Å². The largest absolute Gasteiger partial charge is 0.316 e. The third kappa shape index (κ3) is 4.03. The SMILES string of the molecule is CCc1cnc(NC(=O)C(N)c2ccc(C)cc2)s1.Cl. The zero-order valence-electron chi connectivity index (χ0n) is 11.4. The Bertz CT molecular complexity index is 568. The molecule has 1 atom stereocenters. The van der Waals surface area contributed by atoms with Crippen molar-refractivity contribution >= 4 is 34.8 Å². The molecule has 1 aromatic carbocycles. The maximum absolute atomic E-state index is 12.0. The highest BCUT2D eigenvalue weighted by molar-refractivity contribution is 7.15. The van der Waals surface area contributed by atoms with Crippen LogP contribution >= 0.6 is 23.7 Å². The molecule has 1 heterocycles. The van der Waals surface area contributed by atoms with Crippen LogP contribution in [0.1, 0.15) is 29.0 Å². The van der Waals surface area contributed by atoms with Gasteiger partial charge in [0.15, 0.2) is 5.13 Å². The summed E-state index contributed by atoms with van der Waals surface area (Å²) in [5.41, 5.74) is 7.88. The van der Waals surface area contributed by atoms with E-state index in [4.69, 9.17) is 5.73 Å². The van der Waals surface area contributed by atoms with E-state index in [-0.39, 0.29) is 18.3 Å². The van der Waals surface area contributed by atoms with Crippen LogP contribution in [0.25, 0.3) is 0 Å². The van der Waals surface area contributed by atoms with E-state index in [9.17, 15) is 4.79 Å². The van der Waals surface area contributed by atoms with Gasteiger partial charge in [0.25, 0.3) is 0 Å². The Kier molecular flexibility index (Phi) is 6.13. The van der Waals surface area contributed by atoms with Crippen LogP contribution in [0.5, 0.6) is 0 Å². The van der Waals surface area contributed by atoms with Gasteiger partial charge in [0.05, 0.1) is 0 Å². The fourth-order valence-electron chi connectivity index (χ4n) is 1.64. The number of nitrogens with two attached hydrogens (primary N) is 1. The van der Waals surface area contributed by atoms with Crippen molar-refractivity contribution in [3.8, 4) is 0 Å². The normalized spacial score (nSPS) is 11.6. The molecule has 1 unspecified atom stereocenters. The molecule has 0 radical (unpaired) electrons. The second-order valence-corrected chi connectivity index (χ2v) is 5.48. The topological polar surface area (TPSA) is 68.0 Å². The summed E-state index contributed by atoms with van der Waals surface area (Å²) in [6, 6.07) is 6.97. The van der Waals surface area contributed by atoms with E-state index in [0.717, 1.165) is 22.4 Å². The Morgan fingerprint density at radius 1 is 1.40 bits per heavy atom. The number of halogens is 1. The molecule has 108 valence electrons. The Labute approximate surface area is 128 Å². The highest BCUT2D eigenvalue weighted by Gasteiger charge is 2.16. The van der Waals surface area contributed by atoms with E-state index in [0.29, 0.717) is 5.13 Å². The molecule has 4 nitrogen and oxygen atoms in total. The zero-order valence-corrected chi connectivity index (χ0v) is 13.1. The van der Waals surface area contributed by atoms with Crippen molar-refractivity contribution in [1.82, 2.24) is 4.98 Å². The Morgan fingerprint density at radius 3 is 2.60 bits per heavy atom. The quantitative estimate of drug-likeness (QED) is 0.911. The van der Waals surface area contributed by atoms with Gasteiger partial charge in [-0.15, -0.1) is 23.7 Å². The van der Waals surface area contributed by atoms with Crippen molar-refractivity contribution in [3.05, 3.63) is 46.5 Å². The number of carbonyl (C=O) groups is 1. The fraction of sp³-hybridized carbons (Fsp3) is 0.286. The summed E-state index contributed by atoms with van der Waals surface area (Å²) >= 11 is 1.48. The first kappa shape index (κ1) is 16.6. The Morgan fingerprint density at radius 2 is 2.05 bits per heavy atom. The second-order valence-electron chi connectivity index (χ2n) is 4.36. The Balaban J connectivity index is 0.00000200. The smallest absolute Gasteiger partial charge is 0.247 e. The van der Waals surface area contributed by atoms with Crippen LogP contribution in [0.15, 0.2) is 30.5 Å². The molecule has 0 saturated heterocycles. The van der Waals surface area contributed by atoms with Gasteiger partial charge < -0.3 is 11.1 Å². The number of anilines is 1. The van der Waals surface area contributed by atoms with Crippen LogP contribution in [0, 0.1) is 6.92 Å². The van der Waals surface area contributed by atoms with Crippen molar-refractivity contribution in [2.24, 2.45) is 5.73 Å². The lowest BCUT2D eigenvalue weighted by Gasteiger charge is -2.11. The molecule has 0 saturated carbocycles. The number of hydrogen-bond donors (Lipinski definition) is 2. The zero-order chi connectivity index (χ0) is 13.8. The van der Waals surface area contributed by atoms with E-state index in [2.05, 4.69) is 17.2 Å². The average molecular weight is 312 g/mol. The summed E-state index contributed by atoms with van der Waals surface area (Å²) in [4.78, 5) is 17.3. The van der Waals surface area contributed by atoms with Gasteiger partial charge in [0.1, 0.15) is 6.04 Å². The van der Waals surface area contributed by atoms with Crippen LogP contribution in [0.3, 0.4) is 0 Å². The summed E-state index contributed by atoms with van der Waals surface area (Å²) in [5.74, 6) is -0.235. The maximum Gasteiger partial charge on any atom is 0.247 e. The summed E-state index contributed by atoms with van der Waals surface area (Å²) in [6.07, 6.45) is 2.69. The van der Waals surface area contributed by atoms with Crippen LogP contribution in [-0.4, -0.2) is 10.9 Å². The molecule has 0 aliphatic rings. The van der Waals surface area contributed by atoms with E-state index in [1.165, 1.54) is 11.3 Å².